The van der Waals surface area contributed by atoms with Crippen LogP contribution in [0.1, 0.15) is 69.5 Å². The largest absolute Gasteiger partial charge is 0.310 e. The van der Waals surface area contributed by atoms with Crippen LogP contribution in [-0.2, 0) is 16.2 Å². The third kappa shape index (κ3) is 7.13. The lowest BCUT2D eigenvalue weighted by atomic mass is 9.67. The summed E-state index contributed by atoms with van der Waals surface area (Å²) in [5.74, 6) is 0. The molecule has 0 saturated carbocycles. The molecule has 0 bridgehead atoms. The van der Waals surface area contributed by atoms with Crippen LogP contribution in [0.25, 0.3) is 94.3 Å². The van der Waals surface area contributed by atoms with E-state index < -0.39 is 10.8 Å². The van der Waals surface area contributed by atoms with Gasteiger partial charge in [-0.1, -0.05) is 269 Å². The highest BCUT2D eigenvalue weighted by Gasteiger charge is 2.52. The zero-order valence-corrected chi connectivity index (χ0v) is 50.6. The van der Waals surface area contributed by atoms with Gasteiger partial charge in [0.25, 0.3) is 0 Å². The Morgan fingerprint density at radius 2 is 0.582 bits per heavy atom. The average Bonchev–Trinajstić information content (AvgIpc) is 1.70. The molecule has 0 aliphatic heterocycles. The molecule has 4 aliphatic carbocycles. The van der Waals surface area contributed by atoms with E-state index in [-0.39, 0.29) is 5.41 Å². The molecule has 4 aliphatic rings. The molecule has 0 amide bonds. The fourth-order valence-corrected chi connectivity index (χ4v) is 17.2. The van der Waals surface area contributed by atoms with Gasteiger partial charge in [0.1, 0.15) is 0 Å². The summed E-state index contributed by atoms with van der Waals surface area (Å²) in [6.45, 7) is 4.77. The van der Waals surface area contributed by atoms with E-state index in [4.69, 9.17) is 0 Å². The molecule has 0 N–H and O–H groups in total. The zero-order valence-electron chi connectivity index (χ0n) is 50.6. The lowest BCUT2D eigenvalue weighted by Gasteiger charge is -2.34. The van der Waals surface area contributed by atoms with Crippen LogP contribution in [0.15, 0.2) is 328 Å². The molecule has 0 fully saturated rings. The second-order valence-corrected chi connectivity index (χ2v) is 25.8. The minimum atomic E-state index is -0.470. The highest BCUT2D eigenvalue weighted by atomic mass is 15.1. The van der Waals surface area contributed by atoms with Gasteiger partial charge in [-0.05, 0) is 195 Å². The zero-order chi connectivity index (χ0) is 60.2. The van der Waals surface area contributed by atoms with E-state index in [2.05, 4.69) is 351 Å². The number of rotatable bonds is 8. The molecule has 91 heavy (non-hydrogen) atoms. The Balaban J connectivity index is 0.744. The summed E-state index contributed by atoms with van der Waals surface area (Å²) in [6.07, 6.45) is 0. The maximum Gasteiger partial charge on any atom is 0.0726 e. The summed E-state index contributed by atoms with van der Waals surface area (Å²) in [4.78, 5) is 2.50. The van der Waals surface area contributed by atoms with E-state index in [9.17, 15) is 0 Å². The minimum absolute atomic E-state index is 0.173. The SMILES string of the molecule is CC1(C)c2ccccc2-c2ccc(N(c3ccc(-c4ccc5c(c4)c4cc(-c6ccc(C7(c8ccccc8)c8ccccc8-c8ccccc87)cc6)ccc4n5-c4ccccc4)cc3)c3ccc4c(c3)C3(c5ccccc5-c5ccccc53)c3ccccc3-4)cc21. The highest BCUT2D eigenvalue weighted by molar-refractivity contribution is 6.12. The first-order valence-corrected chi connectivity index (χ1v) is 32.0. The molecule has 1 spiro atoms. The molecule has 15 aromatic rings. The minimum Gasteiger partial charge on any atom is -0.310 e. The Hall–Kier alpha value is -11.3. The van der Waals surface area contributed by atoms with Crippen LogP contribution >= 0.6 is 0 Å². The Morgan fingerprint density at radius 1 is 0.242 bits per heavy atom. The van der Waals surface area contributed by atoms with Gasteiger partial charge < -0.3 is 9.47 Å². The standard InChI is InChI=1S/C89H60N2/c1-87(2)77-31-15-9-25-67(77)73-49-47-65(55-83(73)87)90(66-48-50-74-72-30-14-20-36-82(72)89(84(74)56-66)80-34-18-12-28-70(80)71-29-13-19-35-81(71)89)64-45-39-58(40-46-64)60-42-52-86-76(54-60)75-53-59(41-51-85(75)91(86)63-23-7-4-8-24-63)57-37-43-62(44-38-57)88(61-21-5-3-6-22-61)78-32-16-10-26-68(78)69-27-11-17-33-79(69)88/h3-56H,1-2H3. The monoisotopic (exact) mass is 1160 g/mol. The lowest BCUT2D eigenvalue weighted by molar-refractivity contribution is 0.660. The van der Waals surface area contributed by atoms with Gasteiger partial charge in [0, 0.05) is 38.9 Å². The molecule has 426 valence electrons. The second-order valence-electron chi connectivity index (χ2n) is 25.8. The topological polar surface area (TPSA) is 8.17 Å². The molecule has 0 unspecified atom stereocenters. The van der Waals surface area contributed by atoms with Crippen molar-refractivity contribution in [3.8, 4) is 72.4 Å². The van der Waals surface area contributed by atoms with Crippen LogP contribution in [0, 0.1) is 0 Å². The average molecular weight is 1160 g/mol. The summed E-state index contributed by atoms with van der Waals surface area (Å²) in [5, 5.41) is 2.43. The lowest BCUT2D eigenvalue weighted by Crippen LogP contribution is -2.28. The molecule has 0 saturated heterocycles. The van der Waals surface area contributed by atoms with Crippen LogP contribution in [0.2, 0.25) is 0 Å². The first kappa shape index (κ1) is 51.7. The Bertz CT molecular complexity index is 5380. The maximum absolute atomic E-state index is 2.52. The molecule has 2 nitrogen and oxygen atoms in total. The van der Waals surface area contributed by atoms with Crippen molar-refractivity contribution < 1.29 is 0 Å². The Labute approximate surface area is 530 Å². The number of fused-ring (bicyclic) bond motifs is 19. The van der Waals surface area contributed by atoms with Crippen molar-refractivity contribution in [1.82, 2.24) is 4.57 Å². The summed E-state index contributed by atoms with van der Waals surface area (Å²) in [7, 11) is 0. The highest BCUT2D eigenvalue weighted by Crippen LogP contribution is 2.64. The molecule has 14 aromatic carbocycles. The Morgan fingerprint density at radius 3 is 1.07 bits per heavy atom. The number of hydrogen-bond donors (Lipinski definition) is 0. The normalized spacial score (nSPS) is 14.3. The number of benzene rings is 14. The molecular formula is C89H60N2. The smallest absolute Gasteiger partial charge is 0.0726 e. The van der Waals surface area contributed by atoms with Crippen molar-refractivity contribution in [1.29, 1.82) is 0 Å². The van der Waals surface area contributed by atoms with Crippen molar-refractivity contribution >= 4 is 38.9 Å². The van der Waals surface area contributed by atoms with Gasteiger partial charge >= 0.3 is 0 Å². The summed E-state index contributed by atoms with van der Waals surface area (Å²) in [6, 6.07) is 123. The summed E-state index contributed by atoms with van der Waals surface area (Å²) in [5.41, 5.74) is 34.1. The van der Waals surface area contributed by atoms with E-state index in [1.165, 1.54) is 139 Å². The van der Waals surface area contributed by atoms with Gasteiger partial charge in [-0.15, -0.1) is 0 Å². The van der Waals surface area contributed by atoms with Crippen molar-refractivity contribution in [3.05, 3.63) is 383 Å². The van der Waals surface area contributed by atoms with E-state index >= 15 is 0 Å². The van der Waals surface area contributed by atoms with Gasteiger partial charge in [0.05, 0.1) is 21.9 Å². The van der Waals surface area contributed by atoms with E-state index in [0.717, 1.165) is 28.3 Å². The van der Waals surface area contributed by atoms with Crippen LogP contribution in [0.5, 0.6) is 0 Å². The second kappa shape index (κ2) is 19.3. The van der Waals surface area contributed by atoms with Gasteiger partial charge in [-0.25, -0.2) is 0 Å². The quantitative estimate of drug-likeness (QED) is 0.147. The number of hydrogen-bond acceptors (Lipinski definition) is 1. The number of nitrogens with zero attached hydrogens (tertiary/aromatic N) is 2. The fourth-order valence-electron chi connectivity index (χ4n) is 17.2. The van der Waals surface area contributed by atoms with E-state index in [1.54, 1.807) is 0 Å². The molecule has 1 aromatic heterocycles. The molecule has 1 heterocycles. The molecule has 19 rings (SSSR count). The van der Waals surface area contributed by atoms with E-state index in [0.29, 0.717) is 0 Å². The fraction of sp³-hybridized carbons (Fsp3) is 0.0562. The summed E-state index contributed by atoms with van der Waals surface area (Å²) >= 11 is 0. The first-order valence-electron chi connectivity index (χ1n) is 32.0. The van der Waals surface area contributed by atoms with Gasteiger partial charge in [-0.3, -0.25) is 0 Å². The van der Waals surface area contributed by atoms with Crippen molar-refractivity contribution in [2.75, 3.05) is 4.90 Å². The third-order valence-corrected chi connectivity index (χ3v) is 21.1. The van der Waals surface area contributed by atoms with Crippen LogP contribution in [0.3, 0.4) is 0 Å². The van der Waals surface area contributed by atoms with Gasteiger partial charge in [0.15, 0.2) is 0 Å². The maximum atomic E-state index is 2.52. The van der Waals surface area contributed by atoms with Gasteiger partial charge in [0.2, 0.25) is 0 Å². The number of anilines is 3. The molecule has 2 heteroatoms. The Kier molecular flexibility index (Phi) is 11.0. The number of aromatic nitrogens is 1. The number of para-hydroxylation sites is 1. The van der Waals surface area contributed by atoms with Crippen molar-refractivity contribution in [3.63, 3.8) is 0 Å². The van der Waals surface area contributed by atoms with Crippen LogP contribution in [0.4, 0.5) is 17.1 Å². The molecular weight excluding hydrogens is 1100 g/mol. The molecule has 0 atom stereocenters. The van der Waals surface area contributed by atoms with Crippen molar-refractivity contribution in [2.24, 2.45) is 0 Å². The summed E-state index contributed by atoms with van der Waals surface area (Å²) < 4.78 is 2.43. The van der Waals surface area contributed by atoms with E-state index in [1.807, 2.05) is 0 Å². The predicted molar refractivity (Wildman–Crippen MR) is 378 cm³/mol. The first-order chi connectivity index (χ1) is 44.9. The van der Waals surface area contributed by atoms with Crippen LogP contribution < -0.4 is 4.90 Å². The van der Waals surface area contributed by atoms with Crippen molar-refractivity contribution in [2.45, 2.75) is 30.1 Å². The third-order valence-electron chi connectivity index (χ3n) is 21.1. The van der Waals surface area contributed by atoms with Gasteiger partial charge in [-0.2, -0.15) is 0 Å². The molecule has 0 radical (unpaired) electrons. The van der Waals surface area contributed by atoms with Crippen LogP contribution in [-0.4, -0.2) is 4.57 Å². The predicted octanol–water partition coefficient (Wildman–Crippen LogP) is 22.6.